The predicted octanol–water partition coefficient (Wildman–Crippen LogP) is 4.43. The number of rotatable bonds is 4. The van der Waals surface area contributed by atoms with E-state index in [1.807, 2.05) is 12.1 Å². The Kier molecular flexibility index (Phi) is 4.13. The van der Waals surface area contributed by atoms with Crippen LogP contribution in [0, 0.1) is 12.3 Å². The summed E-state index contributed by atoms with van der Waals surface area (Å²) in [5.41, 5.74) is 5.96. The number of carbonyl (C=O) groups excluding carboxylic acids is 2. The first-order valence-electron chi connectivity index (χ1n) is 8.62. The first kappa shape index (κ1) is 16.0. The summed E-state index contributed by atoms with van der Waals surface area (Å²) >= 11 is 0. The summed E-state index contributed by atoms with van der Waals surface area (Å²) in [6.07, 6.45) is 8.03. The maximum Gasteiger partial charge on any atom is 0.221 e. The van der Waals surface area contributed by atoms with Gasteiger partial charge < -0.3 is 5.32 Å². The van der Waals surface area contributed by atoms with Gasteiger partial charge in [-0.3, -0.25) is 9.59 Å². The SMILES string of the molecule is CCCCC12CCC(=O)C=C1c1ccc(NC(C)=O)c(C)c1C2. The molecule has 122 valence electrons. The molecule has 1 amide bonds. The van der Waals surface area contributed by atoms with E-state index in [4.69, 9.17) is 0 Å². The van der Waals surface area contributed by atoms with Gasteiger partial charge in [-0.05, 0) is 60.6 Å². The molecule has 2 aliphatic carbocycles. The smallest absolute Gasteiger partial charge is 0.221 e. The van der Waals surface area contributed by atoms with E-state index in [1.54, 1.807) is 0 Å². The van der Waals surface area contributed by atoms with E-state index >= 15 is 0 Å². The average Bonchev–Trinajstić information content (AvgIpc) is 2.83. The van der Waals surface area contributed by atoms with E-state index in [0.717, 1.165) is 30.5 Å². The van der Waals surface area contributed by atoms with Crippen LogP contribution in [0.3, 0.4) is 0 Å². The second kappa shape index (κ2) is 5.95. The van der Waals surface area contributed by atoms with Crippen molar-refractivity contribution in [1.82, 2.24) is 0 Å². The van der Waals surface area contributed by atoms with Crippen molar-refractivity contribution in [2.75, 3.05) is 5.32 Å². The van der Waals surface area contributed by atoms with Crippen LogP contribution in [-0.2, 0) is 16.0 Å². The minimum absolute atomic E-state index is 0.0430. The molecule has 23 heavy (non-hydrogen) atoms. The Morgan fingerprint density at radius 1 is 1.35 bits per heavy atom. The molecule has 0 fully saturated rings. The van der Waals surface area contributed by atoms with E-state index < -0.39 is 0 Å². The Labute approximate surface area is 138 Å². The monoisotopic (exact) mass is 311 g/mol. The Hall–Kier alpha value is -1.90. The zero-order chi connectivity index (χ0) is 16.6. The topological polar surface area (TPSA) is 46.2 Å². The normalized spacial score (nSPS) is 22.4. The van der Waals surface area contributed by atoms with Crippen molar-refractivity contribution in [3.8, 4) is 0 Å². The van der Waals surface area contributed by atoms with Gasteiger partial charge in [0.1, 0.15) is 0 Å². The minimum atomic E-state index is -0.0430. The molecule has 3 heteroatoms. The Bertz CT molecular complexity index is 702. The molecule has 0 saturated heterocycles. The van der Waals surface area contributed by atoms with Crippen molar-refractivity contribution < 1.29 is 9.59 Å². The third-order valence-corrected chi connectivity index (χ3v) is 5.45. The van der Waals surface area contributed by atoms with Crippen molar-refractivity contribution in [1.29, 1.82) is 0 Å². The second-order valence-electron chi connectivity index (χ2n) is 7.03. The molecule has 0 bridgehead atoms. The highest BCUT2D eigenvalue weighted by Crippen LogP contribution is 2.55. The van der Waals surface area contributed by atoms with E-state index in [2.05, 4.69) is 25.2 Å². The number of allylic oxidation sites excluding steroid dienone is 2. The van der Waals surface area contributed by atoms with E-state index in [1.165, 1.54) is 36.5 Å². The fraction of sp³-hybridized carbons (Fsp3) is 0.500. The van der Waals surface area contributed by atoms with Gasteiger partial charge in [0.15, 0.2) is 5.78 Å². The quantitative estimate of drug-likeness (QED) is 0.894. The molecule has 2 aliphatic rings. The van der Waals surface area contributed by atoms with Crippen LogP contribution in [0.2, 0.25) is 0 Å². The second-order valence-corrected chi connectivity index (χ2v) is 7.03. The molecule has 0 saturated carbocycles. The van der Waals surface area contributed by atoms with Crippen molar-refractivity contribution in [3.05, 3.63) is 34.9 Å². The molecule has 1 unspecified atom stereocenters. The first-order valence-corrected chi connectivity index (χ1v) is 8.62. The van der Waals surface area contributed by atoms with Crippen molar-refractivity contribution >= 4 is 23.0 Å². The van der Waals surface area contributed by atoms with Gasteiger partial charge in [0, 0.05) is 24.4 Å². The van der Waals surface area contributed by atoms with Gasteiger partial charge in [0.2, 0.25) is 5.91 Å². The van der Waals surface area contributed by atoms with Crippen LogP contribution in [0.15, 0.2) is 18.2 Å². The van der Waals surface area contributed by atoms with Crippen molar-refractivity contribution in [3.63, 3.8) is 0 Å². The lowest BCUT2D eigenvalue weighted by molar-refractivity contribution is -0.115. The van der Waals surface area contributed by atoms with Crippen LogP contribution >= 0.6 is 0 Å². The van der Waals surface area contributed by atoms with Gasteiger partial charge >= 0.3 is 0 Å². The minimum Gasteiger partial charge on any atom is -0.326 e. The molecule has 0 aliphatic heterocycles. The molecule has 3 rings (SSSR count). The zero-order valence-corrected chi connectivity index (χ0v) is 14.3. The number of carbonyl (C=O) groups is 2. The maximum absolute atomic E-state index is 12.0. The van der Waals surface area contributed by atoms with Gasteiger partial charge in [-0.15, -0.1) is 0 Å². The number of hydrogen-bond donors (Lipinski definition) is 1. The highest BCUT2D eigenvalue weighted by molar-refractivity contribution is 6.02. The maximum atomic E-state index is 12.0. The van der Waals surface area contributed by atoms with E-state index in [0.29, 0.717) is 6.42 Å². The number of anilines is 1. The average molecular weight is 311 g/mol. The van der Waals surface area contributed by atoms with Gasteiger partial charge in [-0.1, -0.05) is 25.8 Å². The Morgan fingerprint density at radius 2 is 2.13 bits per heavy atom. The largest absolute Gasteiger partial charge is 0.326 e. The van der Waals surface area contributed by atoms with Gasteiger partial charge in [0.25, 0.3) is 0 Å². The molecule has 1 N–H and O–H groups in total. The predicted molar refractivity (Wildman–Crippen MR) is 93.4 cm³/mol. The molecule has 1 aromatic rings. The number of benzene rings is 1. The molecule has 0 spiro atoms. The standard InChI is InChI=1S/C20H25NO2/c1-4-5-9-20-10-8-15(23)11-18(20)16-6-7-19(21-14(3)22)13(2)17(16)12-20/h6-7,11H,4-5,8-10,12H2,1-3H3,(H,21,22). The number of amides is 1. The van der Waals surface area contributed by atoms with Crippen LogP contribution in [0.4, 0.5) is 5.69 Å². The molecule has 0 heterocycles. The van der Waals surface area contributed by atoms with Gasteiger partial charge in [0.05, 0.1) is 0 Å². The van der Waals surface area contributed by atoms with Crippen LogP contribution in [0.1, 0.15) is 62.6 Å². The number of unbranched alkanes of at least 4 members (excludes halogenated alkanes) is 1. The fourth-order valence-corrected chi connectivity index (χ4v) is 4.19. The van der Waals surface area contributed by atoms with Gasteiger partial charge in [-0.2, -0.15) is 0 Å². The molecular weight excluding hydrogens is 286 g/mol. The number of nitrogens with one attached hydrogen (secondary N) is 1. The van der Waals surface area contributed by atoms with E-state index in [-0.39, 0.29) is 17.1 Å². The van der Waals surface area contributed by atoms with Crippen LogP contribution in [0.25, 0.3) is 5.57 Å². The van der Waals surface area contributed by atoms with Crippen LogP contribution in [0.5, 0.6) is 0 Å². The highest BCUT2D eigenvalue weighted by Gasteiger charge is 2.44. The highest BCUT2D eigenvalue weighted by atomic mass is 16.1. The summed E-state index contributed by atoms with van der Waals surface area (Å²) in [7, 11) is 0. The third-order valence-electron chi connectivity index (χ3n) is 5.45. The summed E-state index contributed by atoms with van der Waals surface area (Å²) in [5, 5.41) is 2.92. The summed E-state index contributed by atoms with van der Waals surface area (Å²) in [6, 6.07) is 4.07. The number of hydrogen-bond acceptors (Lipinski definition) is 2. The lowest BCUT2D eigenvalue weighted by atomic mass is 9.69. The Morgan fingerprint density at radius 3 is 2.83 bits per heavy atom. The molecule has 0 aromatic heterocycles. The number of fused-ring (bicyclic) bond motifs is 3. The third kappa shape index (κ3) is 2.73. The lowest BCUT2D eigenvalue weighted by Crippen LogP contribution is -2.25. The first-order chi connectivity index (χ1) is 11.0. The summed E-state index contributed by atoms with van der Waals surface area (Å²) in [4.78, 5) is 23.4. The summed E-state index contributed by atoms with van der Waals surface area (Å²) in [6.45, 7) is 5.84. The van der Waals surface area contributed by atoms with Gasteiger partial charge in [-0.25, -0.2) is 0 Å². The molecular formula is C20H25NO2. The number of ketones is 1. The lowest BCUT2D eigenvalue weighted by Gasteiger charge is -2.34. The molecule has 0 radical (unpaired) electrons. The van der Waals surface area contributed by atoms with Crippen molar-refractivity contribution in [2.45, 2.75) is 59.3 Å². The fourth-order valence-electron chi connectivity index (χ4n) is 4.19. The van der Waals surface area contributed by atoms with Crippen molar-refractivity contribution in [2.24, 2.45) is 5.41 Å². The molecule has 1 aromatic carbocycles. The zero-order valence-electron chi connectivity index (χ0n) is 14.3. The van der Waals surface area contributed by atoms with Crippen LogP contribution < -0.4 is 5.32 Å². The molecule has 1 atom stereocenters. The molecule has 3 nitrogen and oxygen atoms in total. The summed E-state index contributed by atoms with van der Waals surface area (Å²) < 4.78 is 0. The van der Waals surface area contributed by atoms with Crippen LogP contribution in [-0.4, -0.2) is 11.7 Å². The summed E-state index contributed by atoms with van der Waals surface area (Å²) in [5.74, 6) is 0.210. The Balaban J connectivity index is 2.07. The van der Waals surface area contributed by atoms with E-state index in [9.17, 15) is 9.59 Å².